The Morgan fingerprint density at radius 1 is 1.00 bits per heavy atom. The molecule has 3 nitrogen and oxygen atoms in total. The first-order chi connectivity index (χ1) is 10.7. The molecule has 1 heterocycles. The fourth-order valence-electron chi connectivity index (χ4n) is 2.58. The maximum absolute atomic E-state index is 4.34. The summed E-state index contributed by atoms with van der Waals surface area (Å²) in [5, 5.41) is 6.50. The van der Waals surface area contributed by atoms with E-state index in [1.54, 1.807) is 0 Å². The van der Waals surface area contributed by atoms with Crippen molar-refractivity contribution in [3.05, 3.63) is 65.2 Å². The van der Waals surface area contributed by atoms with Crippen molar-refractivity contribution in [2.75, 3.05) is 18.4 Å². The van der Waals surface area contributed by atoms with E-state index in [1.165, 1.54) is 16.7 Å². The van der Waals surface area contributed by atoms with E-state index in [0.29, 0.717) is 5.92 Å². The highest BCUT2D eigenvalue weighted by Crippen LogP contribution is 2.18. The lowest BCUT2D eigenvalue weighted by molar-refractivity contribution is 0.865. The van der Waals surface area contributed by atoms with E-state index in [0.717, 1.165) is 31.2 Å². The van der Waals surface area contributed by atoms with Gasteiger partial charge in [-0.15, -0.1) is 0 Å². The van der Waals surface area contributed by atoms with Crippen LogP contribution in [0.25, 0.3) is 0 Å². The van der Waals surface area contributed by atoms with Gasteiger partial charge in [-0.05, 0) is 41.2 Å². The van der Waals surface area contributed by atoms with Crippen LogP contribution in [0.4, 0.5) is 5.69 Å². The Kier molecular flexibility index (Phi) is 4.42. The maximum Gasteiger partial charge on any atom is 0.195 e. The van der Waals surface area contributed by atoms with Crippen molar-refractivity contribution < 1.29 is 0 Å². The lowest BCUT2D eigenvalue weighted by Gasteiger charge is -2.09. The summed E-state index contributed by atoms with van der Waals surface area (Å²) in [6.45, 7) is 6.23. The van der Waals surface area contributed by atoms with Crippen LogP contribution in [-0.2, 0) is 6.42 Å². The van der Waals surface area contributed by atoms with Crippen LogP contribution in [0.3, 0.4) is 0 Å². The molecule has 0 saturated heterocycles. The molecular weight excluding hydrogens is 270 g/mol. The number of hydrogen-bond donors (Lipinski definition) is 2. The second-order valence-corrected chi connectivity index (χ2v) is 6.05. The van der Waals surface area contributed by atoms with E-state index in [-0.39, 0.29) is 0 Å². The first-order valence-electron chi connectivity index (χ1n) is 7.94. The van der Waals surface area contributed by atoms with Crippen molar-refractivity contribution >= 4 is 11.6 Å². The Hall–Kier alpha value is -2.29. The molecular formula is C19H23N3. The number of rotatable bonds is 4. The van der Waals surface area contributed by atoms with E-state index in [9.17, 15) is 0 Å². The summed E-state index contributed by atoms with van der Waals surface area (Å²) < 4.78 is 0. The SMILES string of the molecule is CC(C)c1ccc(Cc2ccc(NC3=NCCN3)cc2)cc1. The van der Waals surface area contributed by atoms with Crippen molar-refractivity contribution in [3.63, 3.8) is 0 Å². The monoisotopic (exact) mass is 293 g/mol. The Balaban J connectivity index is 1.62. The lowest BCUT2D eigenvalue weighted by atomic mass is 9.99. The summed E-state index contributed by atoms with van der Waals surface area (Å²) in [5.74, 6) is 1.46. The quantitative estimate of drug-likeness (QED) is 0.900. The van der Waals surface area contributed by atoms with Gasteiger partial charge in [0, 0.05) is 12.2 Å². The molecule has 0 bridgehead atoms. The van der Waals surface area contributed by atoms with Crippen LogP contribution >= 0.6 is 0 Å². The molecule has 0 amide bonds. The van der Waals surface area contributed by atoms with Gasteiger partial charge in [0.15, 0.2) is 5.96 Å². The third kappa shape index (κ3) is 3.67. The largest absolute Gasteiger partial charge is 0.354 e. The molecule has 3 rings (SSSR count). The number of nitrogens with one attached hydrogen (secondary N) is 2. The van der Waals surface area contributed by atoms with Crippen molar-refractivity contribution in [1.29, 1.82) is 0 Å². The minimum absolute atomic E-state index is 0.589. The van der Waals surface area contributed by atoms with Crippen LogP contribution in [0.15, 0.2) is 53.5 Å². The van der Waals surface area contributed by atoms with Gasteiger partial charge < -0.3 is 10.6 Å². The molecule has 0 aromatic heterocycles. The van der Waals surface area contributed by atoms with Gasteiger partial charge in [0.1, 0.15) is 0 Å². The molecule has 2 aromatic carbocycles. The average molecular weight is 293 g/mol. The Morgan fingerprint density at radius 3 is 2.18 bits per heavy atom. The number of benzene rings is 2. The Labute approximate surface area is 132 Å². The van der Waals surface area contributed by atoms with Crippen LogP contribution < -0.4 is 10.6 Å². The van der Waals surface area contributed by atoms with Crippen LogP contribution in [-0.4, -0.2) is 19.0 Å². The lowest BCUT2D eigenvalue weighted by Crippen LogP contribution is -2.26. The fourth-order valence-corrected chi connectivity index (χ4v) is 2.58. The molecule has 2 N–H and O–H groups in total. The number of nitrogens with zero attached hydrogens (tertiary/aromatic N) is 1. The van der Waals surface area contributed by atoms with E-state index < -0.39 is 0 Å². The molecule has 0 unspecified atom stereocenters. The molecule has 1 aliphatic heterocycles. The molecule has 2 aromatic rings. The molecule has 22 heavy (non-hydrogen) atoms. The van der Waals surface area contributed by atoms with Gasteiger partial charge in [-0.1, -0.05) is 50.2 Å². The van der Waals surface area contributed by atoms with Gasteiger partial charge in [-0.3, -0.25) is 4.99 Å². The van der Waals surface area contributed by atoms with E-state index in [4.69, 9.17) is 0 Å². The van der Waals surface area contributed by atoms with E-state index >= 15 is 0 Å². The first kappa shape index (κ1) is 14.6. The van der Waals surface area contributed by atoms with Crippen LogP contribution in [0.2, 0.25) is 0 Å². The predicted molar refractivity (Wildman–Crippen MR) is 93.7 cm³/mol. The standard InChI is InChI=1S/C19H23N3/c1-14(2)17-7-3-15(4-8-17)13-16-5-9-18(10-6-16)22-19-20-11-12-21-19/h3-10,14H,11-13H2,1-2H3,(H2,20,21,22). The molecule has 1 aliphatic rings. The average Bonchev–Trinajstić information content (AvgIpc) is 3.03. The van der Waals surface area contributed by atoms with E-state index in [2.05, 4.69) is 78.0 Å². The van der Waals surface area contributed by atoms with Gasteiger partial charge in [0.05, 0.1) is 6.54 Å². The third-order valence-electron chi connectivity index (χ3n) is 3.95. The zero-order chi connectivity index (χ0) is 15.4. The summed E-state index contributed by atoms with van der Waals surface area (Å²) in [6, 6.07) is 17.5. The highest BCUT2D eigenvalue weighted by atomic mass is 15.2. The van der Waals surface area contributed by atoms with Gasteiger partial charge in [0.25, 0.3) is 0 Å². The van der Waals surface area contributed by atoms with Crippen molar-refractivity contribution in [2.24, 2.45) is 4.99 Å². The zero-order valence-corrected chi connectivity index (χ0v) is 13.3. The number of guanidine groups is 1. The number of aliphatic imine (C=N–C) groups is 1. The summed E-state index contributed by atoms with van der Waals surface area (Å²) in [4.78, 5) is 4.34. The fraction of sp³-hybridized carbons (Fsp3) is 0.316. The van der Waals surface area contributed by atoms with Gasteiger partial charge in [0.2, 0.25) is 0 Å². The van der Waals surface area contributed by atoms with E-state index in [1.807, 2.05) is 0 Å². The highest BCUT2D eigenvalue weighted by molar-refractivity contribution is 5.94. The van der Waals surface area contributed by atoms with Crippen LogP contribution in [0, 0.1) is 0 Å². The summed E-state index contributed by atoms with van der Waals surface area (Å²) in [7, 11) is 0. The second-order valence-electron chi connectivity index (χ2n) is 6.05. The smallest absolute Gasteiger partial charge is 0.195 e. The topological polar surface area (TPSA) is 36.4 Å². The van der Waals surface area contributed by atoms with Crippen molar-refractivity contribution in [3.8, 4) is 0 Å². The summed E-state index contributed by atoms with van der Waals surface area (Å²) in [5.41, 5.74) is 5.15. The Bertz CT molecular complexity index is 639. The van der Waals surface area contributed by atoms with Gasteiger partial charge >= 0.3 is 0 Å². The minimum atomic E-state index is 0.589. The molecule has 0 atom stereocenters. The zero-order valence-electron chi connectivity index (χ0n) is 13.3. The minimum Gasteiger partial charge on any atom is -0.354 e. The maximum atomic E-state index is 4.34. The third-order valence-corrected chi connectivity index (χ3v) is 3.95. The van der Waals surface area contributed by atoms with Gasteiger partial charge in [-0.2, -0.15) is 0 Å². The first-order valence-corrected chi connectivity index (χ1v) is 7.94. The Morgan fingerprint density at radius 2 is 1.64 bits per heavy atom. The summed E-state index contributed by atoms with van der Waals surface area (Å²) >= 11 is 0. The normalized spacial score (nSPS) is 13.9. The highest BCUT2D eigenvalue weighted by Gasteiger charge is 2.05. The predicted octanol–water partition coefficient (Wildman–Crippen LogP) is 3.77. The van der Waals surface area contributed by atoms with Crippen LogP contribution in [0.1, 0.15) is 36.5 Å². The molecule has 0 radical (unpaired) electrons. The molecule has 0 spiro atoms. The van der Waals surface area contributed by atoms with Crippen molar-refractivity contribution in [2.45, 2.75) is 26.2 Å². The van der Waals surface area contributed by atoms with Crippen LogP contribution in [0.5, 0.6) is 0 Å². The van der Waals surface area contributed by atoms with Crippen molar-refractivity contribution in [1.82, 2.24) is 5.32 Å². The molecule has 0 aliphatic carbocycles. The number of hydrogen-bond acceptors (Lipinski definition) is 3. The molecule has 0 fully saturated rings. The number of anilines is 1. The second kappa shape index (κ2) is 6.65. The molecule has 0 saturated carbocycles. The summed E-state index contributed by atoms with van der Waals surface area (Å²) in [6.07, 6.45) is 0.970. The molecule has 114 valence electrons. The molecule has 3 heteroatoms. The van der Waals surface area contributed by atoms with Gasteiger partial charge in [-0.25, -0.2) is 0 Å².